The summed E-state index contributed by atoms with van der Waals surface area (Å²) in [5.74, 6) is 0.0418. The van der Waals surface area contributed by atoms with Crippen molar-refractivity contribution in [2.75, 3.05) is 7.11 Å². The summed E-state index contributed by atoms with van der Waals surface area (Å²) >= 11 is 17.5. The number of rotatable bonds is 2. The van der Waals surface area contributed by atoms with Crippen LogP contribution in [0.1, 0.15) is 5.56 Å². The van der Waals surface area contributed by atoms with Gasteiger partial charge in [0.05, 0.1) is 27.7 Å². The topological polar surface area (TPSA) is 22.1 Å². The quantitative estimate of drug-likeness (QED) is 0.640. The average molecular weight is 357 g/mol. The molecular weight excluding hydrogens is 350 g/mol. The summed E-state index contributed by atoms with van der Waals surface area (Å²) in [5, 5.41) is 0.197. The van der Waals surface area contributed by atoms with E-state index in [4.69, 9.17) is 39.5 Å². The highest BCUT2D eigenvalue weighted by Crippen LogP contribution is 2.41. The van der Waals surface area contributed by atoms with Gasteiger partial charge in [0, 0.05) is 17.8 Å². The van der Waals surface area contributed by atoms with E-state index in [1.54, 1.807) is 0 Å². The third-order valence-electron chi connectivity index (χ3n) is 2.69. The van der Waals surface area contributed by atoms with Crippen molar-refractivity contribution in [2.24, 2.45) is 0 Å². The second kappa shape index (κ2) is 5.91. The summed E-state index contributed by atoms with van der Waals surface area (Å²) in [6.45, 7) is 0. The minimum Gasteiger partial charge on any atom is -0.481 e. The Morgan fingerprint density at radius 3 is 2.10 bits per heavy atom. The molecule has 0 saturated carbocycles. The van der Waals surface area contributed by atoms with Gasteiger partial charge in [-0.05, 0) is 17.7 Å². The Hall–Kier alpha value is -1.17. The standard InChI is InChI=1S/C13H7Cl3F3NO/c1-21-11-4-7(8(5-20-11)13(17,18)19)6-2-9(14)12(16)10(15)3-6/h2-5H,1H3. The van der Waals surface area contributed by atoms with E-state index in [0.29, 0.717) is 6.20 Å². The highest BCUT2D eigenvalue weighted by molar-refractivity contribution is 6.48. The SMILES string of the molecule is COc1cc(-c2cc(Cl)c(Cl)c(Cl)c2)c(C(F)(F)F)cn1. The maximum absolute atomic E-state index is 13.1. The van der Waals surface area contributed by atoms with Gasteiger partial charge >= 0.3 is 6.18 Å². The summed E-state index contributed by atoms with van der Waals surface area (Å²) in [6.07, 6.45) is -3.88. The first-order valence-corrected chi connectivity index (χ1v) is 6.63. The minimum atomic E-state index is -4.58. The molecule has 0 unspecified atom stereocenters. The molecule has 0 aliphatic rings. The van der Waals surface area contributed by atoms with E-state index in [-0.39, 0.29) is 32.1 Å². The van der Waals surface area contributed by atoms with Gasteiger partial charge in [0.25, 0.3) is 0 Å². The molecule has 0 aliphatic heterocycles. The molecule has 112 valence electrons. The van der Waals surface area contributed by atoms with Crippen LogP contribution in [0, 0.1) is 0 Å². The van der Waals surface area contributed by atoms with Gasteiger partial charge in [-0.1, -0.05) is 34.8 Å². The van der Waals surface area contributed by atoms with E-state index in [0.717, 1.165) is 0 Å². The maximum Gasteiger partial charge on any atom is 0.418 e. The predicted molar refractivity (Wildman–Crippen MR) is 76.3 cm³/mol. The lowest BCUT2D eigenvalue weighted by molar-refractivity contribution is -0.137. The zero-order chi connectivity index (χ0) is 15.8. The number of ether oxygens (including phenoxy) is 1. The Labute approximate surface area is 133 Å². The van der Waals surface area contributed by atoms with Gasteiger partial charge < -0.3 is 4.74 Å². The van der Waals surface area contributed by atoms with Crippen molar-refractivity contribution in [3.63, 3.8) is 0 Å². The van der Waals surface area contributed by atoms with Gasteiger partial charge in [-0.15, -0.1) is 0 Å². The predicted octanol–water partition coefficient (Wildman–Crippen LogP) is 5.74. The summed E-state index contributed by atoms with van der Waals surface area (Å²) in [4.78, 5) is 3.58. The zero-order valence-electron chi connectivity index (χ0n) is 10.4. The molecule has 1 aromatic heterocycles. The monoisotopic (exact) mass is 355 g/mol. The van der Waals surface area contributed by atoms with Crippen LogP contribution in [0.4, 0.5) is 13.2 Å². The molecule has 0 radical (unpaired) electrons. The van der Waals surface area contributed by atoms with Crippen molar-refractivity contribution in [3.8, 4) is 17.0 Å². The van der Waals surface area contributed by atoms with Crippen LogP contribution >= 0.6 is 34.8 Å². The number of alkyl halides is 3. The van der Waals surface area contributed by atoms with Crippen LogP contribution in [0.15, 0.2) is 24.4 Å². The van der Waals surface area contributed by atoms with Gasteiger partial charge in [-0.25, -0.2) is 4.98 Å². The molecule has 0 saturated heterocycles. The van der Waals surface area contributed by atoms with E-state index in [1.165, 1.54) is 25.3 Å². The Morgan fingerprint density at radius 1 is 1.05 bits per heavy atom. The molecule has 8 heteroatoms. The Balaban J connectivity index is 2.72. The number of methoxy groups -OCH3 is 1. The highest BCUT2D eigenvalue weighted by atomic mass is 35.5. The third-order valence-corrected chi connectivity index (χ3v) is 3.89. The second-order valence-electron chi connectivity index (χ2n) is 4.02. The van der Waals surface area contributed by atoms with Crippen molar-refractivity contribution in [2.45, 2.75) is 6.18 Å². The molecule has 2 aromatic rings. The number of halogens is 6. The van der Waals surface area contributed by atoms with Gasteiger partial charge in [0.15, 0.2) is 0 Å². The van der Waals surface area contributed by atoms with Crippen LogP contribution in [0.5, 0.6) is 5.88 Å². The lowest BCUT2D eigenvalue weighted by Gasteiger charge is -2.14. The third kappa shape index (κ3) is 3.36. The molecule has 0 bridgehead atoms. The van der Waals surface area contributed by atoms with E-state index in [1.807, 2.05) is 0 Å². The summed E-state index contributed by atoms with van der Waals surface area (Å²) in [5.41, 5.74) is -0.894. The van der Waals surface area contributed by atoms with E-state index < -0.39 is 11.7 Å². The van der Waals surface area contributed by atoms with Crippen LogP contribution in [0.25, 0.3) is 11.1 Å². The van der Waals surface area contributed by atoms with Crippen LogP contribution in [0.3, 0.4) is 0 Å². The molecule has 0 fully saturated rings. The van der Waals surface area contributed by atoms with Crippen LogP contribution in [0.2, 0.25) is 15.1 Å². The molecule has 2 nitrogen and oxygen atoms in total. The minimum absolute atomic E-state index is 0.0418. The summed E-state index contributed by atoms with van der Waals surface area (Å²) < 4.78 is 44.1. The smallest absolute Gasteiger partial charge is 0.418 e. The van der Waals surface area contributed by atoms with Gasteiger partial charge in [0.2, 0.25) is 5.88 Å². The maximum atomic E-state index is 13.1. The zero-order valence-corrected chi connectivity index (χ0v) is 12.7. The van der Waals surface area contributed by atoms with Crippen molar-refractivity contribution in [3.05, 3.63) is 45.0 Å². The second-order valence-corrected chi connectivity index (χ2v) is 5.22. The van der Waals surface area contributed by atoms with Gasteiger partial charge in [0.1, 0.15) is 0 Å². The number of hydrogen-bond donors (Lipinski definition) is 0. The number of aromatic nitrogens is 1. The molecule has 0 amide bonds. The number of pyridine rings is 1. The number of benzene rings is 1. The van der Waals surface area contributed by atoms with Crippen LogP contribution < -0.4 is 4.74 Å². The Kier molecular flexibility index (Phi) is 4.56. The first-order valence-electron chi connectivity index (χ1n) is 5.50. The first-order chi connectivity index (χ1) is 9.74. The van der Waals surface area contributed by atoms with Gasteiger partial charge in [-0.3, -0.25) is 0 Å². The molecule has 1 heterocycles. The molecular formula is C13H7Cl3F3NO. The fourth-order valence-corrected chi connectivity index (χ4v) is 2.32. The molecule has 21 heavy (non-hydrogen) atoms. The van der Waals surface area contributed by atoms with E-state index >= 15 is 0 Å². The van der Waals surface area contributed by atoms with E-state index in [9.17, 15) is 13.2 Å². The van der Waals surface area contributed by atoms with Crippen molar-refractivity contribution >= 4 is 34.8 Å². The normalized spacial score (nSPS) is 11.6. The Bertz CT molecular complexity index is 666. The van der Waals surface area contributed by atoms with Crippen molar-refractivity contribution < 1.29 is 17.9 Å². The van der Waals surface area contributed by atoms with Crippen molar-refractivity contribution in [1.29, 1.82) is 0 Å². The van der Waals surface area contributed by atoms with E-state index in [2.05, 4.69) is 4.98 Å². The number of hydrogen-bond acceptors (Lipinski definition) is 2. The number of nitrogens with zero attached hydrogens (tertiary/aromatic N) is 1. The molecule has 2 rings (SSSR count). The molecule has 0 spiro atoms. The molecule has 0 N–H and O–H groups in total. The van der Waals surface area contributed by atoms with Crippen LogP contribution in [-0.2, 0) is 6.18 Å². The fourth-order valence-electron chi connectivity index (χ4n) is 1.72. The first kappa shape index (κ1) is 16.2. The molecule has 0 atom stereocenters. The average Bonchev–Trinajstić information content (AvgIpc) is 2.42. The summed E-state index contributed by atoms with van der Waals surface area (Å²) in [6, 6.07) is 3.78. The fraction of sp³-hybridized carbons (Fsp3) is 0.154. The largest absolute Gasteiger partial charge is 0.481 e. The lowest BCUT2D eigenvalue weighted by Crippen LogP contribution is -2.08. The summed E-state index contributed by atoms with van der Waals surface area (Å²) in [7, 11) is 1.31. The Morgan fingerprint density at radius 2 is 1.62 bits per heavy atom. The van der Waals surface area contributed by atoms with Gasteiger partial charge in [-0.2, -0.15) is 13.2 Å². The molecule has 0 aliphatic carbocycles. The van der Waals surface area contributed by atoms with Crippen molar-refractivity contribution in [1.82, 2.24) is 4.98 Å². The molecule has 1 aromatic carbocycles. The lowest BCUT2D eigenvalue weighted by atomic mass is 10.0. The van der Waals surface area contributed by atoms with Crippen LogP contribution in [-0.4, -0.2) is 12.1 Å². The highest BCUT2D eigenvalue weighted by Gasteiger charge is 2.34.